The Balaban J connectivity index is 2.03. The Bertz CT molecular complexity index is 511. The zero-order valence-corrected chi connectivity index (χ0v) is 11.6. The van der Waals surface area contributed by atoms with Gasteiger partial charge < -0.3 is 11.1 Å². The normalized spacial score (nSPS) is 17.8. The summed E-state index contributed by atoms with van der Waals surface area (Å²) >= 11 is 0. The summed E-state index contributed by atoms with van der Waals surface area (Å²) in [5, 5.41) is 2.74. The van der Waals surface area contributed by atoms with Crippen LogP contribution in [0.4, 0.5) is 14.5 Å². The maximum absolute atomic E-state index is 13.6. The van der Waals surface area contributed by atoms with Gasteiger partial charge in [-0.25, -0.2) is 8.78 Å². The number of hydrogen-bond acceptors (Lipinski definition) is 2. The number of benzene rings is 1. The Morgan fingerprint density at radius 2 is 1.90 bits per heavy atom. The Labute approximate surface area is 117 Å². The number of amides is 1. The highest BCUT2D eigenvalue weighted by atomic mass is 19.1. The molecule has 110 valence electrons. The van der Waals surface area contributed by atoms with Crippen molar-refractivity contribution >= 4 is 11.6 Å². The predicted molar refractivity (Wildman–Crippen MR) is 74.3 cm³/mol. The van der Waals surface area contributed by atoms with Gasteiger partial charge in [0, 0.05) is 12.6 Å². The molecule has 1 fully saturated rings. The van der Waals surface area contributed by atoms with Crippen molar-refractivity contribution in [1.29, 1.82) is 0 Å². The van der Waals surface area contributed by atoms with Crippen LogP contribution < -0.4 is 11.1 Å². The first-order valence-electron chi connectivity index (χ1n) is 6.94. The van der Waals surface area contributed by atoms with Crippen LogP contribution in [0.3, 0.4) is 0 Å². The molecule has 20 heavy (non-hydrogen) atoms. The molecule has 0 aliphatic heterocycles. The van der Waals surface area contributed by atoms with Crippen LogP contribution in [0.5, 0.6) is 0 Å². The van der Waals surface area contributed by atoms with E-state index in [1.807, 2.05) is 0 Å². The Kier molecular flexibility index (Phi) is 4.26. The SMILES string of the molecule is CC1(CNC(=O)c2cc(N)c(F)cc2F)CCCCC1. The first kappa shape index (κ1) is 14.8. The monoisotopic (exact) mass is 282 g/mol. The van der Waals surface area contributed by atoms with E-state index in [2.05, 4.69) is 12.2 Å². The lowest BCUT2D eigenvalue weighted by molar-refractivity contribution is 0.0915. The Morgan fingerprint density at radius 1 is 1.25 bits per heavy atom. The summed E-state index contributed by atoms with van der Waals surface area (Å²) in [4.78, 5) is 12.0. The average molecular weight is 282 g/mol. The zero-order chi connectivity index (χ0) is 14.8. The zero-order valence-electron chi connectivity index (χ0n) is 11.6. The molecule has 0 atom stereocenters. The highest BCUT2D eigenvalue weighted by Crippen LogP contribution is 2.35. The summed E-state index contributed by atoms with van der Waals surface area (Å²) in [6, 6.07) is 1.69. The number of hydrogen-bond donors (Lipinski definition) is 2. The molecular weight excluding hydrogens is 262 g/mol. The van der Waals surface area contributed by atoms with Crippen molar-refractivity contribution in [1.82, 2.24) is 5.32 Å². The molecule has 5 heteroatoms. The number of nitrogen functional groups attached to an aromatic ring is 1. The van der Waals surface area contributed by atoms with Crippen LogP contribution in [0.1, 0.15) is 49.4 Å². The third-order valence-corrected chi connectivity index (χ3v) is 4.07. The molecule has 0 aromatic heterocycles. The van der Waals surface area contributed by atoms with Gasteiger partial charge in [0.15, 0.2) is 0 Å². The molecular formula is C15H20F2N2O. The van der Waals surface area contributed by atoms with E-state index in [0.717, 1.165) is 31.7 Å². The highest BCUT2D eigenvalue weighted by molar-refractivity contribution is 5.95. The summed E-state index contributed by atoms with van der Waals surface area (Å²) in [5.41, 5.74) is 5.01. The maximum Gasteiger partial charge on any atom is 0.254 e. The van der Waals surface area contributed by atoms with Gasteiger partial charge in [0.25, 0.3) is 5.91 Å². The molecule has 0 heterocycles. The Morgan fingerprint density at radius 3 is 2.55 bits per heavy atom. The molecule has 1 aliphatic carbocycles. The van der Waals surface area contributed by atoms with E-state index in [0.29, 0.717) is 12.6 Å². The van der Waals surface area contributed by atoms with Gasteiger partial charge in [-0.1, -0.05) is 26.2 Å². The second-order valence-electron chi connectivity index (χ2n) is 5.91. The van der Waals surface area contributed by atoms with Gasteiger partial charge in [-0.2, -0.15) is 0 Å². The molecule has 1 aromatic carbocycles. The molecule has 2 rings (SSSR count). The van der Waals surface area contributed by atoms with Crippen molar-refractivity contribution in [3.8, 4) is 0 Å². The molecule has 1 amide bonds. The molecule has 0 saturated heterocycles. The molecule has 1 saturated carbocycles. The van der Waals surface area contributed by atoms with E-state index in [-0.39, 0.29) is 16.7 Å². The van der Waals surface area contributed by atoms with Crippen molar-refractivity contribution in [3.63, 3.8) is 0 Å². The first-order valence-corrected chi connectivity index (χ1v) is 6.94. The van der Waals surface area contributed by atoms with Gasteiger partial charge in [-0.3, -0.25) is 4.79 Å². The molecule has 1 aromatic rings. The quantitative estimate of drug-likeness (QED) is 0.836. The van der Waals surface area contributed by atoms with Crippen molar-refractivity contribution in [3.05, 3.63) is 29.3 Å². The second kappa shape index (κ2) is 5.77. The fraction of sp³-hybridized carbons (Fsp3) is 0.533. The Hall–Kier alpha value is -1.65. The molecule has 0 bridgehead atoms. The number of nitrogens with two attached hydrogens (primary N) is 1. The van der Waals surface area contributed by atoms with E-state index in [4.69, 9.17) is 5.73 Å². The summed E-state index contributed by atoms with van der Waals surface area (Å²) in [6.07, 6.45) is 5.66. The van der Waals surface area contributed by atoms with Gasteiger partial charge in [-0.15, -0.1) is 0 Å². The van der Waals surface area contributed by atoms with Crippen LogP contribution in [0.15, 0.2) is 12.1 Å². The number of carbonyl (C=O) groups excluding carboxylic acids is 1. The average Bonchev–Trinajstić information content (AvgIpc) is 2.41. The molecule has 1 aliphatic rings. The van der Waals surface area contributed by atoms with E-state index in [1.54, 1.807) is 0 Å². The number of carbonyl (C=O) groups is 1. The maximum atomic E-state index is 13.6. The van der Waals surface area contributed by atoms with Crippen molar-refractivity contribution in [2.24, 2.45) is 5.41 Å². The minimum absolute atomic E-state index is 0.0654. The standard InChI is InChI=1S/C15H20F2N2O/c1-15(5-3-2-4-6-15)9-19-14(20)10-7-13(18)12(17)8-11(10)16/h7-8H,2-6,9,18H2,1H3,(H,19,20). The van der Waals surface area contributed by atoms with Crippen molar-refractivity contribution < 1.29 is 13.6 Å². The van der Waals surface area contributed by atoms with Gasteiger partial charge in [0.2, 0.25) is 0 Å². The third-order valence-electron chi connectivity index (χ3n) is 4.07. The molecule has 3 nitrogen and oxygen atoms in total. The summed E-state index contributed by atoms with van der Waals surface area (Å²) in [6.45, 7) is 2.63. The number of rotatable bonds is 3. The highest BCUT2D eigenvalue weighted by Gasteiger charge is 2.27. The summed E-state index contributed by atoms with van der Waals surface area (Å²) in [7, 11) is 0. The fourth-order valence-corrected chi connectivity index (χ4v) is 2.71. The fourth-order valence-electron chi connectivity index (χ4n) is 2.71. The molecule has 0 unspecified atom stereocenters. The van der Waals surface area contributed by atoms with Crippen LogP contribution in [0, 0.1) is 17.0 Å². The van der Waals surface area contributed by atoms with Gasteiger partial charge in [-0.05, 0) is 24.3 Å². The molecule has 3 N–H and O–H groups in total. The van der Waals surface area contributed by atoms with Crippen LogP contribution in [0.25, 0.3) is 0 Å². The van der Waals surface area contributed by atoms with E-state index < -0.39 is 17.5 Å². The lowest BCUT2D eigenvalue weighted by Gasteiger charge is -2.33. The van der Waals surface area contributed by atoms with E-state index in [1.165, 1.54) is 6.42 Å². The minimum atomic E-state index is -0.886. The largest absolute Gasteiger partial charge is 0.396 e. The summed E-state index contributed by atoms with van der Waals surface area (Å²) in [5.74, 6) is -2.28. The molecule has 0 radical (unpaired) electrons. The van der Waals surface area contributed by atoms with Crippen LogP contribution in [-0.2, 0) is 0 Å². The van der Waals surface area contributed by atoms with E-state index >= 15 is 0 Å². The van der Waals surface area contributed by atoms with Gasteiger partial charge >= 0.3 is 0 Å². The minimum Gasteiger partial charge on any atom is -0.396 e. The lowest BCUT2D eigenvalue weighted by Crippen LogP contribution is -2.37. The second-order valence-corrected chi connectivity index (χ2v) is 5.91. The van der Waals surface area contributed by atoms with Gasteiger partial charge in [0.05, 0.1) is 11.3 Å². The van der Waals surface area contributed by atoms with Crippen molar-refractivity contribution in [2.75, 3.05) is 12.3 Å². The predicted octanol–water partition coefficient (Wildman–Crippen LogP) is 3.25. The van der Waals surface area contributed by atoms with Crippen LogP contribution >= 0.6 is 0 Å². The number of nitrogens with one attached hydrogen (secondary N) is 1. The smallest absolute Gasteiger partial charge is 0.254 e. The van der Waals surface area contributed by atoms with E-state index in [9.17, 15) is 13.6 Å². The van der Waals surface area contributed by atoms with Crippen molar-refractivity contribution in [2.45, 2.75) is 39.0 Å². The number of halogens is 2. The molecule has 0 spiro atoms. The topological polar surface area (TPSA) is 55.1 Å². The first-order chi connectivity index (χ1) is 9.41. The van der Waals surface area contributed by atoms with Crippen LogP contribution in [0.2, 0.25) is 0 Å². The lowest BCUT2D eigenvalue weighted by atomic mass is 9.76. The van der Waals surface area contributed by atoms with Gasteiger partial charge in [0.1, 0.15) is 11.6 Å². The third kappa shape index (κ3) is 3.26. The summed E-state index contributed by atoms with van der Waals surface area (Å²) < 4.78 is 26.6. The number of anilines is 1. The van der Waals surface area contributed by atoms with Crippen LogP contribution in [-0.4, -0.2) is 12.5 Å².